The van der Waals surface area contributed by atoms with E-state index >= 15 is 0 Å². The van der Waals surface area contributed by atoms with E-state index in [1.165, 1.54) is 24.3 Å². The average Bonchev–Trinajstić information content (AvgIpc) is 2.27. The molecule has 0 aliphatic heterocycles. The summed E-state index contributed by atoms with van der Waals surface area (Å²) in [6.07, 6.45) is -0.903. The van der Waals surface area contributed by atoms with E-state index in [0.29, 0.717) is 5.75 Å². The van der Waals surface area contributed by atoms with Gasteiger partial charge in [-0.15, -0.1) is 0 Å². The Hall–Kier alpha value is -2.02. The third-order valence-electron chi connectivity index (χ3n) is 1.78. The number of ether oxygens (including phenoxy) is 1. The van der Waals surface area contributed by atoms with Crippen molar-refractivity contribution in [1.82, 2.24) is 0 Å². The molecule has 1 rings (SSSR count). The van der Waals surface area contributed by atoms with Gasteiger partial charge in [-0.2, -0.15) is 0 Å². The summed E-state index contributed by atoms with van der Waals surface area (Å²) in [6, 6.07) is 5.47. The van der Waals surface area contributed by atoms with Gasteiger partial charge in [0.25, 0.3) is 5.69 Å². The Kier molecular flexibility index (Phi) is 4.34. The molecule has 1 aromatic rings. The smallest absolute Gasteiger partial charge is 0.269 e. The maximum atomic E-state index is 10.3. The molecule has 0 fully saturated rings. The van der Waals surface area contributed by atoms with E-state index in [1.807, 2.05) is 0 Å². The van der Waals surface area contributed by atoms with E-state index in [2.05, 4.69) is 5.11 Å². The van der Waals surface area contributed by atoms with Crippen LogP contribution < -0.4 is 4.74 Å². The van der Waals surface area contributed by atoms with Gasteiger partial charge in [0.15, 0.2) is 0 Å². The summed E-state index contributed by atoms with van der Waals surface area (Å²) in [5.41, 5.74) is 8.14. The van der Waals surface area contributed by atoms with E-state index in [4.69, 9.17) is 15.4 Å². The van der Waals surface area contributed by atoms with Crippen LogP contribution in [-0.4, -0.2) is 29.3 Å². The van der Waals surface area contributed by atoms with Gasteiger partial charge in [-0.3, -0.25) is 10.1 Å². The first-order chi connectivity index (χ1) is 7.63. The minimum absolute atomic E-state index is 0.0294. The molecule has 0 aliphatic carbocycles. The lowest BCUT2D eigenvalue weighted by molar-refractivity contribution is -0.384. The molecule has 0 amide bonds. The molecule has 0 heterocycles. The first kappa shape index (κ1) is 12.1. The standard InChI is InChI=1S/C9H10N3O4/c10-11-5-8(13)6-16-9-3-1-7(2-4-9)12(14)15/h1-4,8,13H,5-6H2/q-1/t8-/m1/s1. The van der Waals surface area contributed by atoms with Crippen molar-refractivity contribution in [2.75, 3.05) is 13.2 Å². The number of nitro benzene ring substituents is 1. The van der Waals surface area contributed by atoms with E-state index in [9.17, 15) is 10.1 Å². The molecule has 1 aromatic carbocycles. The Bertz CT molecular complexity index is 366. The molecule has 86 valence electrons. The molecule has 0 spiro atoms. The number of aliphatic hydroxyl groups is 1. The molecule has 0 saturated heterocycles. The van der Waals surface area contributed by atoms with E-state index in [-0.39, 0.29) is 18.8 Å². The average molecular weight is 224 g/mol. The van der Waals surface area contributed by atoms with Crippen molar-refractivity contribution in [2.45, 2.75) is 6.10 Å². The van der Waals surface area contributed by atoms with Crippen molar-refractivity contribution in [3.8, 4) is 5.75 Å². The SMILES string of the molecule is [N-]=NC[C@@H](O)COc1ccc([N+](=O)[O-])cc1. The Morgan fingerprint density at radius 2 is 2.12 bits per heavy atom. The number of nitro groups is 1. The lowest BCUT2D eigenvalue weighted by Crippen LogP contribution is -2.20. The summed E-state index contributed by atoms with van der Waals surface area (Å²) in [7, 11) is 0. The van der Waals surface area contributed by atoms with Crippen LogP contribution in [0, 0.1) is 10.1 Å². The molecule has 16 heavy (non-hydrogen) atoms. The normalized spacial score (nSPS) is 11.8. The number of benzene rings is 1. The van der Waals surface area contributed by atoms with Crippen LogP contribution in [0.3, 0.4) is 0 Å². The summed E-state index contributed by atoms with van der Waals surface area (Å²) >= 11 is 0. The maximum absolute atomic E-state index is 10.3. The zero-order valence-electron chi connectivity index (χ0n) is 8.31. The number of nitrogens with zero attached hydrogens (tertiary/aromatic N) is 3. The van der Waals surface area contributed by atoms with E-state index in [1.54, 1.807) is 0 Å². The van der Waals surface area contributed by atoms with Crippen molar-refractivity contribution < 1.29 is 14.8 Å². The third-order valence-corrected chi connectivity index (χ3v) is 1.78. The Morgan fingerprint density at radius 1 is 1.50 bits per heavy atom. The van der Waals surface area contributed by atoms with E-state index < -0.39 is 11.0 Å². The molecular weight excluding hydrogens is 214 g/mol. The molecule has 7 nitrogen and oxygen atoms in total. The Morgan fingerprint density at radius 3 is 2.62 bits per heavy atom. The van der Waals surface area contributed by atoms with Gasteiger partial charge in [0.2, 0.25) is 0 Å². The summed E-state index contributed by atoms with van der Waals surface area (Å²) < 4.78 is 5.11. The molecule has 0 unspecified atom stereocenters. The van der Waals surface area contributed by atoms with Crippen LogP contribution in [0.25, 0.3) is 5.53 Å². The molecule has 0 aliphatic rings. The highest BCUT2D eigenvalue weighted by atomic mass is 16.6. The van der Waals surface area contributed by atoms with Gasteiger partial charge in [-0.05, 0) is 12.1 Å². The molecular formula is C9H10N3O4-. The van der Waals surface area contributed by atoms with Gasteiger partial charge in [-0.25, -0.2) is 0 Å². The number of non-ortho nitro benzene ring substituents is 1. The molecule has 1 N–H and O–H groups in total. The summed E-state index contributed by atoms with van der Waals surface area (Å²) in [5, 5.41) is 22.3. The van der Waals surface area contributed by atoms with Crippen LogP contribution in [0.15, 0.2) is 29.4 Å². The Labute approximate surface area is 91.3 Å². The first-order valence-electron chi connectivity index (χ1n) is 4.49. The van der Waals surface area contributed by atoms with Crippen molar-refractivity contribution >= 4 is 5.69 Å². The van der Waals surface area contributed by atoms with Gasteiger partial charge in [0.05, 0.1) is 4.92 Å². The highest BCUT2D eigenvalue weighted by Crippen LogP contribution is 2.17. The van der Waals surface area contributed by atoms with Crippen LogP contribution in [0.1, 0.15) is 0 Å². The third kappa shape index (κ3) is 3.62. The second-order valence-corrected chi connectivity index (χ2v) is 3.04. The highest BCUT2D eigenvalue weighted by molar-refractivity contribution is 5.35. The van der Waals surface area contributed by atoms with Gasteiger partial charge in [0, 0.05) is 18.7 Å². The zero-order valence-corrected chi connectivity index (χ0v) is 8.31. The topological polar surface area (TPSA) is 107 Å². The quantitative estimate of drug-likeness (QED) is 0.447. The molecule has 0 bridgehead atoms. The number of aliphatic hydroxyl groups excluding tert-OH is 1. The second-order valence-electron chi connectivity index (χ2n) is 3.04. The van der Waals surface area contributed by atoms with Crippen molar-refractivity contribution in [2.24, 2.45) is 5.11 Å². The fourth-order valence-electron chi connectivity index (χ4n) is 1.00. The van der Waals surface area contributed by atoms with Crippen molar-refractivity contribution in [3.63, 3.8) is 0 Å². The van der Waals surface area contributed by atoms with Crippen LogP contribution in [-0.2, 0) is 0 Å². The molecule has 0 saturated carbocycles. The van der Waals surface area contributed by atoms with Crippen LogP contribution in [0.4, 0.5) is 5.69 Å². The van der Waals surface area contributed by atoms with Gasteiger partial charge in [0.1, 0.15) is 18.5 Å². The van der Waals surface area contributed by atoms with Crippen molar-refractivity contribution in [1.29, 1.82) is 0 Å². The summed E-state index contributed by atoms with van der Waals surface area (Å²) in [4.78, 5) is 9.84. The molecule has 1 atom stereocenters. The van der Waals surface area contributed by atoms with Crippen LogP contribution in [0.2, 0.25) is 0 Å². The van der Waals surface area contributed by atoms with Gasteiger partial charge >= 0.3 is 0 Å². The van der Waals surface area contributed by atoms with Crippen LogP contribution >= 0.6 is 0 Å². The minimum atomic E-state index is -0.903. The maximum Gasteiger partial charge on any atom is 0.269 e. The largest absolute Gasteiger partial charge is 0.712 e. The van der Waals surface area contributed by atoms with Crippen molar-refractivity contribution in [3.05, 3.63) is 39.9 Å². The predicted octanol–water partition coefficient (Wildman–Crippen LogP) is 1.36. The van der Waals surface area contributed by atoms with Gasteiger partial charge in [-0.1, -0.05) is 0 Å². The Balaban J connectivity index is 2.49. The minimum Gasteiger partial charge on any atom is -0.712 e. The van der Waals surface area contributed by atoms with Gasteiger partial charge < -0.3 is 20.5 Å². The number of hydrogen-bond donors (Lipinski definition) is 1. The molecule has 7 heteroatoms. The molecule has 0 radical (unpaired) electrons. The van der Waals surface area contributed by atoms with E-state index in [0.717, 1.165) is 0 Å². The first-order valence-corrected chi connectivity index (χ1v) is 4.49. The predicted molar refractivity (Wildman–Crippen MR) is 55.3 cm³/mol. The number of hydrogen-bond acceptors (Lipinski definition) is 5. The fraction of sp³-hybridized carbons (Fsp3) is 0.333. The lowest BCUT2D eigenvalue weighted by Gasteiger charge is -2.10. The number of rotatable bonds is 6. The lowest BCUT2D eigenvalue weighted by atomic mass is 10.3. The fourth-order valence-corrected chi connectivity index (χ4v) is 1.00. The molecule has 0 aromatic heterocycles. The highest BCUT2D eigenvalue weighted by Gasteiger charge is 2.06. The second kappa shape index (κ2) is 5.76. The summed E-state index contributed by atoms with van der Waals surface area (Å²) in [5.74, 6) is 0.405. The van der Waals surface area contributed by atoms with Crippen LogP contribution in [0.5, 0.6) is 5.75 Å². The zero-order chi connectivity index (χ0) is 12.0. The summed E-state index contributed by atoms with van der Waals surface area (Å²) in [6.45, 7) is -0.172. The monoisotopic (exact) mass is 224 g/mol.